The van der Waals surface area contributed by atoms with Crippen molar-refractivity contribution in [2.45, 2.75) is 19.3 Å². The third-order valence-corrected chi connectivity index (χ3v) is 3.90. The van der Waals surface area contributed by atoms with Gasteiger partial charge in [0.2, 0.25) is 5.91 Å². The summed E-state index contributed by atoms with van der Waals surface area (Å²) in [6, 6.07) is 3.94. The molecule has 0 saturated heterocycles. The third kappa shape index (κ3) is 4.82. The molecule has 1 atom stereocenters. The van der Waals surface area contributed by atoms with E-state index in [-0.39, 0.29) is 24.2 Å². The number of hydrogen-bond acceptors (Lipinski definition) is 3. The van der Waals surface area contributed by atoms with Crippen LogP contribution < -0.4 is 11.1 Å². The number of amides is 1. The lowest BCUT2D eigenvalue weighted by Gasteiger charge is -2.09. The first kappa shape index (κ1) is 15.9. The Kier molecular flexibility index (Phi) is 8.01. The van der Waals surface area contributed by atoms with Crippen LogP contribution in [0.1, 0.15) is 24.1 Å². The van der Waals surface area contributed by atoms with Crippen LogP contribution in [0, 0.1) is 0 Å². The first-order valence-electron chi connectivity index (χ1n) is 4.88. The number of carbonyl (C=O) groups is 1. The molecule has 3 N–H and O–H groups in total. The van der Waals surface area contributed by atoms with Crippen LogP contribution in [0.2, 0.25) is 0 Å². The highest BCUT2D eigenvalue weighted by Crippen LogP contribution is 2.28. The molecular weight excluding hydrogens is 312 g/mol. The van der Waals surface area contributed by atoms with Gasteiger partial charge in [0.15, 0.2) is 0 Å². The molecule has 1 amide bonds. The fourth-order valence-electron chi connectivity index (χ4n) is 1.16. The molecule has 0 aliphatic carbocycles. The molecule has 1 aromatic rings. The number of hydrogen-bond donors (Lipinski definition) is 2. The van der Waals surface area contributed by atoms with Gasteiger partial charge in [0.25, 0.3) is 0 Å². The van der Waals surface area contributed by atoms with Crippen molar-refractivity contribution in [3.05, 3.63) is 20.8 Å². The molecule has 0 aromatic carbocycles. The van der Waals surface area contributed by atoms with Crippen LogP contribution in [-0.2, 0) is 4.79 Å². The van der Waals surface area contributed by atoms with E-state index >= 15 is 0 Å². The predicted molar refractivity (Wildman–Crippen MR) is 74.4 cm³/mol. The predicted octanol–water partition coefficient (Wildman–Crippen LogP) is 2.50. The van der Waals surface area contributed by atoms with Crippen molar-refractivity contribution in [3.8, 4) is 0 Å². The Morgan fingerprint density at radius 1 is 1.62 bits per heavy atom. The molecule has 92 valence electrons. The van der Waals surface area contributed by atoms with E-state index in [9.17, 15) is 4.79 Å². The molecule has 6 heteroatoms. The average molecular weight is 328 g/mol. The summed E-state index contributed by atoms with van der Waals surface area (Å²) in [7, 11) is 0. The maximum atomic E-state index is 11.7. The maximum absolute atomic E-state index is 11.7. The van der Waals surface area contributed by atoms with Gasteiger partial charge in [-0.25, -0.2) is 0 Å². The smallest absolute Gasteiger partial charge is 0.228 e. The normalized spacial score (nSPS) is 11.7. The van der Waals surface area contributed by atoms with Crippen molar-refractivity contribution in [2.24, 2.45) is 5.73 Å². The van der Waals surface area contributed by atoms with E-state index in [0.717, 1.165) is 15.1 Å². The Hall–Kier alpha value is -0.100. The van der Waals surface area contributed by atoms with Crippen molar-refractivity contribution in [2.75, 3.05) is 13.1 Å². The van der Waals surface area contributed by atoms with Gasteiger partial charge in [0.1, 0.15) is 0 Å². The van der Waals surface area contributed by atoms with Gasteiger partial charge in [-0.3, -0.25) is 4.79 Å². The first-order valence-corrected chi connectivity index (χ1v) is 6.49. The zero-order valence-electron chi connectivity index (χ0n) is 9.03. The van der Waals surface area contributed by atoms with E-state index in [4.69, 9.17) is 5.73 Å². The summed E-state index contributed by atoms with van der Waals surface area (Å²) in [4.78, 5) is 12.7. The number of carbonyl (C=O) groups excluding carboxylic acids is 1. The summed E-state index contributed by atoms with van der Waals surface area (Å²) in [5.41, 5.74) is 5.35. The van der Waals surface area contributed by atoms with E-state index < -0.39 is 0 Å². The summed E-state index contributed by atoms with van der Waals surface area (Å²) < 4.78 is 1.05. The summed E-state index contributed by atoms with van der Waals surface area (Å²) in [5, 5.41) is 2.86. The van der Waals surface area contributed by atoms with E-state index in [1.165, 1.54) is 0 Å². The molecule has 0 fully saturated rings. The van der Waals surface area contributed by atoms with Crippen LogP contribution in [0.25, 0.3) is 0 Å². The van der Waals surface area contributed by atoms with Crippen molar-refractivity contribution < 1.29 is 4.79 Å². The van der Waals surface area contributed by atoms with E-state index in [0.29, 0.717) is 13.1 Å². The zero-order valence-corrected chi connectivity index (χ0v) is 12.3. The third-order valence-electron chi connectivity index (χ3n) is 2.09. The lowest BCUT2D eigenvalue weighted by Crippen LogP contribution is -2.29. The molecular formula is C10H16BrClN2OS. The lowest BCUT2D eigenvalue weighted by atomic mass is 10.1. The van der Waals surface area contributed by atoms with Crippen LogP contribution in [-0.4, -0.2) is 19.0 Å². The summed E-state index contributed by atoms with van der Waals surface area (Å²) in [6.45, 7) is 3.18. The van der Waals surface area contributed by atoms with E-state index in [2.05, 4.69) is 21.2 Å². The molecule has 1 rings (SSSR count). The summed E-state index contributed by atoms with van der Waals surface area (Å²) in [6.07, 6.45) is 0.826. The molecule has 0 saturated carbocycles. The Balaban J connectivity index is 0.00000225. The summed E-state index contributed by atoms with van der Waals surface area (Å²) >= 11 is 4.98. The number of rotatable bonds is 5. The van der Waals surface area contributed by atoms with Crippen molar-refractivity contribution in [3.63, 3.8) is 0 Å². The first-order chi connectivity index (χ1) is 7.15. The second-order valence-electron chi connectivity index (χ2n) is 3.30. The molecule has 16 heavy (non-hydrogen) atoms. The van der Waals surface area contributed by atoms with E-state index in [1.807, 2.05) is 19.1 Å². The number of nitrogens with one attached hydrogen (secondary N) is 1. The molecule has 0 aliphatic rings. The number of nitrogens with two attached hydrogens (primary N) is 1. The van der Waals surface area contributed by atoms with E-state index in [1.54, 1.807) is 11.3 Å². The minimum Gasteiger partial charge on any atom is -0.356 e. The van der Waals surface area contributed by atoms with Gasteiger partial charge in [0.05, 0.1) is 9.70 Å². The highest BCUT2D eigenvalue weighted by Gasteiger charge is 2.16. The van der Waals surface area contributed by atoms with Gasteiger partial charge >= 0.3 is 0 Å². The van der Waals surface area contributed by atoms with Crippen LogP contribution >= 0.6 is 39.7 Å². The van der Waals surface area contributed by atoms with Crippen LogP contribution in [0.5, 0.6) is 0 Å². The van der Waals surface area contributed by atoms with Gasteiger partial charge in [-0.1, -0.05) is 0 Å². The molecule has 1 heterocycles. The molecule has 0 bridgehead atoms. The largest absolute Gasteiger partial charge is 0.356 e. The Morgan fingerprint density at radius 2 is 2.31 bits per heavy atom. The zero-order chi connectivity index (χ0) is 11.3. The Bertz CT molecular complexity index is 332. The minimum absolute atomic E-state index is 0. The SMILES string of the molecule is CC(C(=O)NCCCN)c1ccc(Br)s1.Cl. The topological polar surface area (TPSA) is 55.1 Å². The number of thiophene rings is 1. The molecule has 1 aromatic heterocycles. The molecule has 3 nitrogen and oxygen atoms in total. The summed E-state index contributed by atoms with van der Waals surface area (Å²) in [5.74, 6) is -0.0168. The van der Waals surface area contributed by atoms with Crippen molar-refractivity contribution in [1.82, 2.24) is 5.32 Å². The highest BCUT2D eigenvalue weighted by atomic mass is 79.9. The maximum Gasteiger partial charge on any atom is 0.228 e. The van der Waals surface area contributed by atoms with Crippen LogP contribution in [0.3, 0.4) is 0 Å². The van der Waals surface area contributed by atoms with Gasteiger partial charge < -0.3 is 11.1 Å². The Morgan fingerprint density at radius 3 is 2.81 bits per heavy atom. The molecule has 0 aliphatic heterocycles. The standard InChI is InChI=1S/C10H15BrN2OS.ClH/c1-7(8-3-4-9(11)15-8)10(14)13-6-2-5-12;/h3-4,7H,2,5-6,12H2,1H3,(H,13,14);1H. The lowest BCUT2D eigenvalue weighted by molar-refractivity contribution is -0.122. The number of halogens is 2. The van der Waals surface area contributed by atoms with Gasteiger partial charge in [0, 0.05) is 11.4 Å². The highest BCUT2D eigenvalue weighted by molar-refractivity contribution is 9.11. The second-order valence-corrected chi connectivity index (χ2v) is 5.79. The average Bonchev–Trinajstić information content (AvgIpc) is 2.64. The Labute approximate surface area is 114 Å². The monoisotopic (exact) mass is 326 g/mol. The quantitative estimate of drug-likeness (QED) is 0.816. The van der Waals surface area contributed by atoms with Gasteiger partial charge in [-0.05, 0) is 48.0 Å². The molecule has 0 radical (unpaired) electrons. The van der Waals surface area contributed by atoms with Crippen molar-refractivity contribution >= 4 is 45.6 Å². The van der Waals surface area contributed by atoms with Gasteiger partial charge in [-0.15, -0.1) is 23.7 Å². The fraction of sp³-hybridized carbons (Fsp3) is 0.500. The molecule has 0 spiro atoms. The molecule has 1 unspecified atom stereocenters. The second kappa shape index (κ2) is 8.06. The van der Waals surface area contributed by atoms with Crippen molar-refractivity contribution in [1.29, 1.82) is 0 Å². The van der Waals surface area contributed by atoms with Gasteiger partial charge in [-0.2, -0.15) is 0 Å². The fourth-order valence-corrected chi connectivity index (χ4v) is 2.63. The minimum atomic E-state index is -0.0842. The van der Waals surface area contributed by atoms with Crippen LogP contribution in [0.15, 0.2) is 15.9 Å². The van der Waals surface area contributed by atoms with Crippen LogP contribution in [0.4, 0.5) is 0 Å².